The lowest BCUT2D eigenvalue weighted by atomic mass is 9.85. The van der Waals surface area contributed by atoms with Gasteiger partial charge < -0.3 is 9.42 Å². The summed E-state index contributed by atoms with van der Waals surface area (Å²) < 4.78 is 34.7. The van der Waals surface area contributed by atoms with Gasteiger partial charge in [-0.1, -0.05) is 11.2 Å². The van der Waals surface area contributed by atoms with Crippen molar-refractivity contribution in [2.75, 3.05) is 6.54 Å². The summed E-state index contributed by atoms with van der Waals surface area (Å²) in [5, 5.41) is 8.43. The SMILES string of the molecule is Cc1nn(C)c(C)c1C1CN(C(=O)c2cc(C3=CC=C(F)CC3F)on2)Cc2ncccc21. The minimum absolute atomic E-state index is 0.0749. The summed E-state index contributed by atoms with van der Waals surface area (Å²) >= 11 is 0. The van der Waals surface area contributed by atoms with Crippen LogP contribution in [0.2, 0.25) is 0 Å². The topological polar surface area (TPSA) is 77.0 Å². The first-order valence-electron chi connectivity index (χ1n) is 10.7. The van der Waals surface area contributed by atoms with Crippen LogP contribution in [0.1, 0.15) is 56.8 Å². The van der Waals surface area contributed by atoms with Gasteiger partial charge in [0.25, 0.3) is 5.91 Å². The summed E-state index contributed by atoms with van der Waals surface area (Å²) in [5.41, 5.74) is 5.15. The molecule has 33 heavy (non-hydrogen) atoms. The summed E-state index contributed by atoms with van der Waals surface area (Å²) in [5.74, 6) is -0.830. The molecule has 2 atom stereocenters. The number of hydrogen-bond donors (Lipinski definition) is 0. The Morgan fingerprint density at radius 1 is 1.27 bits per heavy atom. The molecular weight excluding hydrogens is 428 g/mol. The molecule has 0 N–H and O–H groups in total. The van der Waals surface area contributed by atoms with Crippen LogP contribution in [0.25, 0.3) is 5.57 Å². The van der Waals surface area contributed by atoms with Gasteiger partial charge in [-0.05, 0) is 37.6 Å². The van der Waals surface area contributed by atoms with Gasteiger partial charge in [0, 0.05) is 55.0 Å². The normalized spacial score (nSPS) is 20.3. The highest BCUT2D eigenvalue weighted by Crippen LogP contribution is 2.36. The minimum Gasteiger partial charge on any atom is -0.356 e. The summed E-state index contributed by atoms with van der Waals surface area (Å²) in [6, 6.07) is 5.36. The molecule has 1 amide bonds. The Hall–Kier alpha value is -3.62. The average molecular weight is 451 g/mol. The highest BCUT2D eigenvalue weighted by Gasteiger charge is 2.34. The molecule has 3 aromatic heterocycles. The molecule has 2 aliphatic rings. The second-order valence-corrected chi connectivity index (χ2v) is 8.47. The van der Waals surface area contributed by atoms with E-state index in [4.69, 9.17) is 4.52 Å². The first kappa shape index (κ1) is 21.2. The van der Waals surface area contributed by atoms with E-state index in [1.54, 1.807) is 11.1 Å². The van der Waals surface area contributed by atoms with Crippen LogP contribution in [-0.4, -0.2) is 43.4 Å². The number of rotatable bonds is 3. The molecule has 170 valence electrons. The van der Waals surface area contributed by atoms with Crippen LogP contribution in [0.5, 0.6) is 0 Å². The van der Waals surface area contributed by atoms with Crippen LogP contribution in [0, 0.1) is 13.8 Å². The summed E-state index contributed by atoms with van der Waals surface area (Å²) in [4.78, 5) is 19.6. The Morgan fingerprint density at radius 2 is 2.09 bits per heavy atom. The van der Waals surface area contributed by atoms with Crippen molar-refractivity contribution in [2.24, 2.45) is 7.05 Å². The number of halogens is 2. The quantitative estimate of drug-likeness (QED) is 0.597. The predicted molar refractivity (Wildman–Crippen MR) is 117 cm³/mol. The molecule has 5 rings (SSSR count). The zero-order valence-electron chi connectivity index (χ0n) is 18.5. The maximum atomic E-state index is 14.3. The van der Waals surface area contributed by atoms with Gasteiger partial charge in [0.2, 0.25) is 0 Å². The van der Waals surface area contributed by atoms with Crippen LogP contribution < -0.4 is 0 Å². The van der Waals surface area contributed by atoms with Crippen LogP contribution in [0.4, 0.5) is 8.78 Å². The number of carbonyl (C=O) groups is 1. The lowest BCUT2D eigenvalue weighted by molar-refractivity contribution is 0.0711. The van der Waals surface area contributed by atoms with E-state index in [0.717, 1.165) is 28.2 Å². The van der Waals surface area contributed by atoms with Crippen molar-refractivity contribution in [3.8, 4) is 0 Å². The van der Waals surface area contributed by atoms with Crippen molar-refractivity contribution in [3.05, 3.63) is 82.0 Å². The fourth-order valence-electron chi connectivity index (χ4n) is 4.70. The van der Waals surface area contributed by atoms with Gasteiger partial charge in [-0.2, -0.15) is 5.10 Å². The summed E-state index contributed by atoms with van der Waals surface area (Å²) in [6.07, 6.45) is 2.34. The number of allylic oxidation sites excluding steroid dienone is 4. The van der Waals surface area contributed by atoms with E-state index in [0.29, 0.717) is 13.1 Å². The molecule has 9 heteroatoms. The standard InChI is InChI=1S/C24H23F2N5O2/c1-13-23(14(2)30(3)28-13)18-11-31(12-21-16(18)5-4-8-27-21)24(32)20-10-22(33-29-20)17-7-6-15(25)9-19(17)26/h4-8,10,18-19H,9,11-12H2,1-3H3. The number of aromatic nitrogens is 4. The Labute approximate surface area is 189 Å². The van der Waals surface area contributed by atoms with Gasteiger partial charge >= 0.3 is 0 Å². The van der Waals surface area contributed by atoms with Gasteiger partial charge in [-0.3, -0.25) is 14.5 Å². The summed E-state index contributed by atoms with van der Waals surface area (Å²) in [6.45, 7) is 4.73. The Balaban J connectivity index is 1.47. The van der Waals surface area contributed by atoms with Crippen LogP contribution in [0.15, 0.2) is 46.9 Å². The van der Waals surface area contributed by atoms with Crippen LogP contribution >= 0.6 is 0 Å². The van der Waals surface area contributed by atoms with Crippen LogP contribution in [0.3, 0.4) is 0 Å². The monoisotopic (exact) mass is 451 g/mol. The Morgan fingerprint density at radius 3 is 2.82 bits per heavy atom. The van der Waals surface area contributed by atoms with E-state index in [1.807, 2.05) is 37.7 Å². The zero-order chi connectivity index (χ0) is 23.3. The molecule has 1 aliphatic carbocycles. The van der Waals surface area contributed by atoms with Gasteiger partial charge in [0.05, 0.1) is 17.9 Å². The summed E-state index contributed by atoms with van der Waals surface area (Å²) in [7, 11) is 1.90. The zero-order valence-corrected chi connectivity index (χ0v) is 18.5. The number of pyridine rings is 1. The molecule has 0 saturated carbocycles. The van der Waals surface area contributed by atoms with Gasteiger partial charge in [-0.25, -0.2) is 8.78 Å². The number of fused-ring (bicyclic) bond motifs is 1. The molecular formula is C24H23F2N5O2. The maximum absolute atomic E-state index is 14.3. The molecule has 4 heterocycles. The predicted octanol–water partition coefficient (Wildman–Crippen LogP) is 4.19. The van der Waals surface area contributed by atoms with Crippen molar-refractivity contribution in [1.82, 2.24) is 24.8 Å². The third kappa shape index (κ3) is 3.67. The van der Waals surface area contributed by atoms with E-state index in [1.165, 1.54) is 18.2 Å². The molecule has 0 aromatic carbocycles. The third-order valence-corrected chi connectivity index (χ3v) is 6.41. The number of hydrogen-bond acceptors (Lipinski definition) is 5. The van der Waals surface area contributed by atoms with Crippen molar-refractivity contribution in [1.29, 1.82) is 0 Å². The lowest BCUT2D eigenvalue weighted by Gasteiger charge is -2.34. The highest BCUT2D eigenvalue weighted by molar-refractivity contribution is 5.93. The Kier molecular flexibility index (Phi) is 5.19. The van der Waals surface area contributed by atoms with E-state index in [-0.39, 0.29) is 35.3 Å². The molecule has 0 spiro atoms. The van der Waals surface area contributed by atoms with E-state index in [9.17, 15) is 13.6 Å². The fourth-order valence-corrected chi connectivity index (χ4v) is 4.70. The molecule has 1 aliphatic heterocycles. The molecule has 2 unspecified atom stereocenters. The third-order valence-electron chi connectivity index (χ3n) is 6.41. The number of alkyl halides is 1. The lowest BCUT2D eigenvalue weighted by Crippen LogP contribution is -2.39. The molecule has 0 saturated heterocycles. The van der Waals surface area contributed by atoms with Crippen molar-refractivity contribution < 1.29 is 18.1 Å². The van der Waals surface area contributed by atoms with E-state index in [2.05, 4.69) is 15.2 Å². The maximum Gasteiger partial charge on any atom is 0.276 e. The minimum atomic E-state index is -1.54. The first-order valence-corrected chi connectivity index (χ1v) is 10.7. The first-order chi connectivity index (χ1) is 15.8. The molecule has 0 bridgehead atoms. The fraction of sp³-hybridized carbons (Fsp3) is 0.333. The van der Waals surface area contributed by atoms with Crippen molar-refractivity contribution >= 4 is 11.5 Å². The van der Waals surface area contributed by atoms with Gasteiger partial charge in [0.1, 0.15) is 12.0 Å². The largest absolute Gasteiger partial charge is 0.356 e. The molecule has 0 radical (unpaired) electrons. The van der Waals surface area contributed by atoms with Crippen molar-refractivity contribution in [3.63, 3.8) is 0 Å². The van der Waals surface area contributed by atoms with E-state index >= 15 is 0 Å². The number of amides is 1. The second kappa shape index (κ2) is 8.06. The Bertz CT molecular complexity index is 1310. The van der Waals surface area contributed by atoms with Crippen LogP contribution in [-0.2, 0) is 13.6 Å². The van der Waals surface area contributed by atoms with Gasteiger partial charge in [0.15, 0.2) is 11.5 Å². The number of carbonyl (C=O) groups excluding carboxylic acids is 1. The molecule has 7 nitrogen and oxygen atoms in total. The smallest absolute Gasteiger partial charge is 0.276 e. The number of aryl methyl sites for hydroxylation is 2. The van der Waals surface area contributed by atoms with Gasteiger partial charge in [-0.15, -0.1) is 0 Å². The van der Waals surface area contributed by atoms with E-state index < -0.39 is 12.0 Å². The average Bonchev–Trinajstić information content (AvgIpc) is 3.37. The van der Waals surface area contributed by atoms with Crippen molar-refractivity contribution in [2.45, 2.75) is 38.9 Å². The molecule has 3 aromatic rings. The number of nitrogens with zero attached hydrogens (tertiary/aromatic N) is 5. The molecule has 0 fully saturated rings. The highest BCUT2D eigenvalue weighted by atomic mass is 19.1. The second-order valence-electron chi connectivity index (χ2n) is 8.47.